The molecule has 7 heteroatoms. The summed E-state index contributed by atoms with van der Waals surface area (Å²) in [4.78, 5) is 9.21. The SMILES string of the molecule is NC(CO)c1cc(F)c([N+](=O)[O-])cc1F. The van der Waals surface area contributed by atoms with Crippen LogP contribution in [0.5, 0.6) is 0 Å². The third-order valence-corrected chi connectivity index (χ3v) is 1.86. The molecule has 0 fully saturated rings. The monoisotopic (exact) mass is 218 g/mol. The minimum Gasteiger partial charge on any atom is -0.394 e. The van der Waals surface area contributed by atoms with Crippen molar-refractivity contribution in [3.05, 3.63) is 39.4 Å². The summed E-state index contributed by atoms with van der Waals surface area (Å²) in [5, 5.41) is 18.9. The molecule has 0 aliphatic carbocycles. The van der Waals surface area contributed by atoms with Crippen molar-refractivity contribution in [2.24, 2.45) is 5.73 Å². The summed E-state index contributed by atoms with van der Waals surface area (Å²) in [6, 6.07) is -0.0329. The second-order valence-corrected chi connectivity index (χ2v) is 2.87. The molecule has 0 amide bonds. The van der Waals surface area contributed by atoms with E-state index in [0.717, 1.165) is 0 Å². The smallest absolute Gasteiger partial charge is 0.307 e. The van der Waals surface area contributed by atoms with Gasteiger partial charge in [-0.2, -0.15) is 4.39 Å². The number of hydrogen-bond donors (Lipinski definition) is 2. The summed E-state index contributed by atoms with van der Waals surface area (Å²) in [7, 11) is 0. The zero-order chi connectivity index (χ0) is 11.6. The Hall–Kier alpha value is -1.60. The molecule has 0 aromatic heterocycles. The molecule has 0 saturated heterocycles. The molecule has 1 atom stereocenters. The van der Waals surface area contributed by atoms with Crippen LogP contribution in [0, 0.1) is 21.7 Å². The Balaban J connectivity index is 3.25. The highest BCUT2D eigenvalue weighted by atomic mass is 19.1. The van der Waals surface area contributed by atoms with Crippen LogP contribution in [0.15, 0.2) is 12.1 Å². The second-order valence-electron chi connectivity index (χ2n) is 2.87. The molecule has 1 aromatic rings. The standard InChI is InChI=1S/C8H8F2N2O3/c9-5-2-8(12(14)15)6(10)1-4(5)7(11)3-13/h1-2,7,13H,3,11H2. The zero-order valence-electron chi connectivity index (χ0n) is 7.48. The minimum atomic E-state index is -1.18. The molecule has 1 rings (SSSR count). The van der Waals surface area contributed by atoms with Gasteiger partial charge in [-0.15, -0.1) is 0 Å². The zero-order valence-corrected chi connectivity index (χ0v) is 7.48. The highest BCUT2D eigenvalue weighted by Crippen LogP contribution is 2.24. The predicted molar refractivity (Wildman–Crippen MR) is 47.0 cm³/mol. The summed E-state index contributed by atoms with van der Waals surface area (Å²) in [5.74, 6) is -2.19. The average Bonchev–Trinajstić information content (AvgIpc) is 2.19. The van der Waals surface area contributed by atoms with Gasteiger partial charge in [-0.1, -0.05) is 0 Å². The molecule has 0 aliphatic rings. The highest BCUT2D eigenvalue weighted by molar-refractivity contribution is 5.37. The summed E-state index contributed by atoms with van der Waals surface area (Å²) in [6.45, 7) is -0.575. The number of nitrogens with zero attached hydrogens (tertiary/aromatic N) is 1. The van der Waals surface area contributed by atoms with Crippen molar-refractivity contribution in [3.8, 4) is 0 Å². The lowest BCUT2D eigenvalue weighted by Crippen LogP contribution is -2.16. The maximum absolute atomic E-state index is 13.2. The second kappa shape index (κ2) is 4.28. The first-order chi connectivity index (χ1) is 6.97. The van der Waals surface area contributed by atoms with Crippen LogP contribution >= 0.6 is 0 Å². The molecule has 1 aromatic carbocycles. The van der Waals surface area contributed by atoms with E-state index in [0.29, 0.717) is 12.1 Å². The van der Waals surface area contributed by atoms with Gasteiger partial charge in [0.1, 0.15) is 5.82 Å². The van der Waals surface area contributed by atoms with E-state index in [1.165, 1.54) is 0 Å². The number of aliphatic hydroxyl groups excluding tert-OH is 1. The van der Waals surface area contributed by atoms with E-state index in [1.807, 2.05) is 0 Å². The highest BCUT2D eigenvalue weighted by Gasteiger charge is 2.20. The van der Waals surface area contributed by atoms with E-state index < -0.39 is 34.9 Å². The van der Waals surface area contributed by atoms with Crippen molar-refractivity contribution >= 4 is 5.69 Å². The number of rotatable bonds is 3. The first kappa shape index (κ1) is 11.5. The number of benzene rings is 1. The van der Waals surface area contributed by atoms with Crippen LogP contribution in [0.1, 0.15) is 11.6 Å². The third-order valence-electron chi connectivity index (χ3n) is 1.86. The quantitative estimate of drug-likeness (QED) is 0.581. The predicted octanol–water partition coefficient (Wildman–Crippen LogP) is 0.865. The Morgan fingerprint density at radius 3 is 2.53 bits per heavy atom. The van der Waals surface area contributed by atoms with Gasteiger partial charge in [-0.3, -0.25) is 10.1 Å². The Morgan fingerprint density at radius 2 is 2.07 bits per heavy atom. The number of halogens is 2. The number of aliphatic hydroxyl groups is 1. The topological polar surface area (TPSA) is 89.4 Å². The molecule has 0 radical (unpaired) electrons. The molecular weight excluding hydrogens is 210 g/mol. The van der Waals surface area contributed by atoms with Crippen molar-refractivity contribution in [2.75, 3.05) is 6.61 Å². The maximum Gasteiger partial charge on any atom is 0.307 e. The summed E-state index contributed by atoms with van der Waals surface area (Å²) in [6.07, 6.45) is 0. The van der Waals surface area contributed by atoms with Gasteiger partial charge in [-0.25, -0.2) is 4.39 Å². The number of hydrogen-bond acceptors (Lipinski definition) is 4. The first-order valence-corrected chi connectivity index (χ1v) is 3.97. The number of nitrogens with two attached hydrogens (primary N) is 1. The van der Waals surface area contributed by atoms with Crippen LogP contribution in [0.4, 0.5) is 14.5 Å². The Labute approximate surface area is 83.3 Å². The van der Waals surface area contributed by atoms with E-state index >= 15 is 0 Å². The van der Waals surface area contributed by atoms with Gasteiger partial charge < -0.3 is 10.8 Å². The molecule has 1 unspecified atom stereocenters. The fraction of sp³-hybridized carbons (Fsp3) is 0.250. The van der Waals surface area contributed by atoms with Gasteiger partial charge in [-0.05, 0) is 6.07 Å². The largest absolute Gasteiger partial charge is 0.394 e. The van der Waals surface area contributed by atoms with Crippen molar-refractivity contribution < 1.29 is 18.8 Å². The number of nitro benzene ring substituents is 1. The fourth-order valence-corrected chi connectivity index (χ4v) is 1.07. The van der Waals surface area contributed by atoms with Crippen molar-refractivity contribution in [3.63, 3.8) is 0 Å². The molecule has 15 heavy (non-hydrogen) atoms. The lowest BCUT2D eigenvalue weighted by molar-refractivity contribution is -0.387. The van der Waals surface area contributed by atoms with E-state index in [2.05, 4.69) is 0 Å². The molecule has 0 spiro atoms. The average molecular weight is 218 g/mol. The molecule has 0 saturated carbocycles. The van der Waals surface area contributed by atoms with E-state index in [4.69, 9.17) is 10.8 Å². The van der Waals surface area contributed by atoms with Crippen molar-refractivity contribution in [2.45, 2.75) is 6.04 Å². The maximum atomic E-state index is 13.2. The van der Waals surface area contributed by atoms with Crippen molar-refractivity contribution in [1.82, 2.24) is 0 Å². The van der Waals surface area contributed by atoms with Crippen LogP contribution in [0.3, 0.4) is 0 Å². The van der Waals surface area contributed by atoms with Gasteiger partial charge in [0.15, 0.2) is 0 Å². The van der Waals surface area contributed by atoms with Crippen LogP contribution in [0.25, 0.3) is 0 Å². The van der Waals surface area contributed by atoms with Crippen molar-refractivity contribution in [1.29, 1.82) is 0 Å². The van der Waals surface area contributed by atoms with Gasteiger partial charge in [0, 0.05) is 5.56 Å². The van der Waals surface area contributed by atoms with Gasteiger partial charge in [0.2, 0.25) is 5.82 Å². The summed E-state index contributed by atoms with van der Waals surface area (Å²) in [5.41, 5.74) is 4.02. The van der Waals surface area contributed by atoms with Gasteiger partial charge in [0.25, 0.3) is 0 Å². The molecular formula is C8H8F2N2O3. The lowest BCUT2D eigenvalue weighted by Gasteiger charge is -2.09. The summed E-state index contributed by atoms with van der Waals surface area (Å²) < 4.78 is 26.2. The summed E-state index contributed by atoms with van der Waals surface area (Å²) >= 11 is 0. The molecule has 82 valence electrons. The molecule has 3 N–H and O–H groups in total. The molecule has 5 nitrogen and oxygen atoms in total. The van der Waals surface area contributed by atoms with Crippen LogP contribution in [-0.2, 0) is 0 Å². The number of nitro groups is 1. The lowest BCUT2D eigenvalue weighted by atomic mass is 10.1. The van der Waals surface area contributed by atoms with E-state index in [9.17, 15) is 18.9 Å². The normalized spacial score (nSPS) is 12.5. The van der Waals surface area contributed by atoms with E-state index in [1.54, 1.807) is 0 Å². The first-order valence-electron chi connectivity index (χ1n) is 3.97. The van der Waals surface area contributed by atoms with Crippen LogP contribution in [-0.4, -0.2) is 16.6 Å². The van der Waals surface area contributed by atoms with Crippen LogP contribution < -0.4 is 5.73 Å². The fourth-order valence-electron chi connectivity index (χ4n) is 1.07. The Kier molecular flexibility index (Phi) is 3.28. The minimum absolute atomic E-state index is 0.291. The van der Waals surface area contributed by atoms with Crippen LogP contribution in [0.2, 0.25) is 0 Å². The van der Waals surface area contributed by atoms with Gasteiger partial charge in [0.05, 0.1) is 23.6 Å². The van der Waals surface area contributed by atoms with E-state index in [-0.39, 0.29) is 5.56 Å². The Morgan fingerprint density at radius 1 is 1.47 bits per heavy atom. The molecule has 0 bridgehead atoms. The third kappa shape index (κ3) is 2.25. The van der Waals surface area contributed by atoms with Gasteiger partial charge >= 0.3 is 5.69 Å². The molecule has 0 heterocycles. The molecule has 0 aliphatic heterocycles. The Bertz CT molecular complexity index is 398.